The van der Waals surface area contributed by atoms with Gasteiger partial charge in [-0.3, -0.25) is 0 Å². The van der Waals surface area contributed by atoms with Gasteiger partial charge < -0.3 is 17.8 Å². The van der Waals surface area contributed by atoms with Crippen LogP contribution in [0.15, 0.2) is 0 Å². The van der Waals surface area contributed by atoms with Crippen molar-refractivity contribution in [3.63, 3.8) is 0 Å². The number of piperidine rings is 1. The van der Waals surface area contributed by atoms with Crippen molar-refractivity contribution in [3.05, 3.63) is 0 Å². The van der Waals surface area contributed by atoms with E-state index < -0.39 is 8.80 Å². The fraction of sp³-hybridized carbons (Fsp3) is 1.00. The maximum Gasteiger partial charge on any atom is 0.558 e. The molecule has 0 spiro atoms. The first kappa shape index (κ1) is 17.1. The molecule has 1 aliphatic heterocycles. The van der Waals surface area contributed by atoms with E-state index in [4.69, 9.17) is 13.3 Å². The van der Waals surface area contributed by atoms with Crippen LogP contribution >= 0.6 is 0 Å². The molecular weight excluding hydrogens is 258 g/mol. The zero-order chi connectivity index (χ0) is 14.4. The maximum atomic E-state index is 5.60. The van der Waals surface area contributed by atoms with Crippen molar-refractivity contribution >= 4 is 8.80 Å². The van der Waals surface area contributed by atoms with Crippen molar-refractivity contribution in [3.8, 4) is 0 Å². The molecule has 5 heteroatoms. The summed E-state index contributed by atoms with van der Waals surface area (Å²) in [5.41, 5.74) is 0. The molecule has 1 fully saturated rings. The Balaban J connectivity index is 2.63. The lowest BCUT2D eigenvalue weighted by Gasteiger charge is -2.44. The Morgan fingerprint density at radius 1 is 1.16 bits per heavy atom. The van der Waals surface area contributed by atoms with Crippen LogP contribution in [0.25, 0.3) is 0 Å². The summed E-state index contributed by atoms with van der Waals surface area (Å²) in [6, 6.07) is 0. The topological polar surface area (TPSA) is 27.7 Å². The van der Waals surface area contributed by atoms with Gasteiger partial charge in [0.05, 0.1) is 20.1 Å². The molecule has 0 bridgehead atoms. The van der Waals surface area contributed by atoms with Gasteiger partial charge in [-0.15, -0.1) is 0 Å². The third kappa shape index (κ3) is 4.83. The van der Waals surface area contributed by atoms with Gasteiger partial charge in [-0.2, -0.15) is 0 Å². The lowest BCUT2D eigenvalue weighted by molar-refractivity contribution is -0.910. The van der Waals surface area contributed by atoms with Crippen LogP contribution in [-0.2, 0) is 13.3 Å². The minimum atomic E-state index is -2.47. The Hall–Kier alpha value is 0.0569. The van der Waals surface area contributed by atoms with Crippen LogP contribution in [0.1, 0.15) is 39.0 Å². The summed E-state index contributed by atoms with van der Waals surface area (Å²) in [5, 5.41) is 0. The summed E-state index contributed by atoms with van der Waals surface area (Å²) in [4.78, 5) is 0. The van der Waals surface area contributed by atoms with Gasteiger partial charge in [0.15, 0.2) is 0 Å². The second-order valence-corrected chi connectivity index (χ2v) is 9.04. The van der Waals surface area contributed by atoms with E-state index in [1.807, 2.05) is 0 Å². The molecule has 4 nitrogen and oxygen atoms in total. The molecule has 0 amide bonds. The Morgan fingerprint density at radius 3 is 2.32 bits per heavy atom. The predicted molar refractivity (Wildman–Crippen MR) is 79.8 cm³/mol. The number of hydrogen-bond acceptors (Lipinski definition) is 3. The van der Waals surface area contributed by atoms with Crippen molar-refractivity contribution < 1.29 is 17.8 Å². The highest BCUT2D eigenvalue weighted by atomic mass is 28.4. The average molecular weight is 291 g/mol. The second kappa shape index (κ2) is 7.74. The molecule has 0 aliphatic carbocycles. The third-order valence-corrected chi connectivity index (χ3v) is 7.50. The average Bonchev–Trinajstić information content (AvgIpc) is 2.43. The van der Waals surface area contributed by atoms with E-state index in [2.05, 4.69) is 14.0 Å². The van der Waals surface area contributed by atoms with Gasteiger partial charge in [0, 0.05) is 27.2 Å². The van der Waals surface area contributed by atoms with Gasteiger partial charge in [0.1, 0.15) is 6.17 Å². The number of hydrogen-bond donors (Lipinski definition) is 0. The molecule has 1 rings (SSSR count). The molecule has 1 saturated heterocycles. The molecule has 0 saturated carbocycles. The molecule has 2 unspecified atom stereocenters. The molecule has 0 aromatic rings. The number of quaternary nitrogens is 1. The van der Waals surface area contributed by atoms with E-state index >= 15 is 0 Å². The standard InChI is InChI=1S/C14H32NO3Si/c1-6-7-9-14-10-8-11-15(2,12-14)13-19(16-3,17-4)18-5/h14H,6-13H2,1-5H3/q+1. The van der Waals surface area contributed by atoms with E-state index in [0.29, 0.717) is 0 Å². The predicted octanol–water partition coefficient (Wildman–Crippen LogP) is 2.45. The van der Waals surface area contributed by atoms with Crippen LogP contribution < -0.4 is 0 Å². The summed E-state index contributed by atoms with van der Waals surface area (Å²) < 4.78 is 17.8. The summed E-state index contributed by atoms with van der Waals surface area (Å²) >= 11 is 0. The number of likely N-dealkylation sites (tertiary alicyclic amines) is 1. The van der Waals surface area contributed by atoms with Crippen LogP contribution in [-0.4, -0.2) is 60.9 Å². The molecule has 0 aromatic heterocycles. The first-order chi connectivity index (χ1) is 9.03. The fourth-order valence-corrected chi connectivity index (χ4v) is 5.46. The zero-order valence-electron chi connectivity index (χ0n) is 13.4. The number of unbranched alkanes of at least 4 members (excludes halogenated alkanes) is 1. The third-order valence-electron chi connectivity index (χ3n) is 4.48. The minimum Gasteiger partial charge on any atom is -0.374 e. The van der Waals surface area contributed by atoms with Gasteiger partial charge in [0.25, 0.3) is 0 Å². The molecule has 0 N–H and O–H groups in total. The molecule has 1 aliphatic rings. The number of nitrogens with zero attached hydrogens (tertiary/aromatic N) is 1. The summed E-state index contributed by atoms with van der Waals surface area (Å²) in [6.45, 7) is 4.73. The minimum absolute atomic E-state index is 0.857. The largest absolute Gasteiger partial charge is 0.558 e. The lowest BCUT2D eigenvalue weighted by atomic mass is 9.92. The van der Waals surface area contributed by atoms with Crippen LogP contribution in [0.2, 0.25) is 0 Å². The zero-order valence-corrected chi connectivity index (χ0v) is 14.4. The summed E-state index contributed by atoms with van der Waals surface area (Å²) in [6.07, 6.45) is 7.60. The van der Waals surface area contributed by atoms with Crippen LogP contribution in [0.3, 0.4) is 0 Å². The number of rotatable bonds is 8. The molecule has 1 heterocycles. The Morgan fingerprint density at radius 2 is 1.79 bits per heavy atom. The quantitative estimate of drug-likeness (QED) is 0.508. The highest BCUT2D eigenvalue weighted by Gasteiger charge is 2.48. The van der Waals surface area contributed by atoms with Crippen molar-refractivity contribution in [1.82, 2.24) is 0 Å². The molecule has 0 aromatic carbocycles. The van der Waals surface area contributed by atoms with Gasteiger partial charge >= 0.3 is 8.80 Å². The van der Waals surface area contributed by atoms with Gasteiger partial charge in [-0.1, -0.05) is 19.8 Å². The monoisotopic (exact) mass is 290 g/mol. The van der Waals surface area contributed by atoms with Gasteiger partial charge in [-0.05, 0) is 19.3 Å². The second-order valence-electron chi connectivity index (χ2n) is 6.13. The lowest BCUT2D eigenvalue weighted by Crippen LogP contribution is -2.63. The Bertz CT molecular complexity index is 253. The van der Waals surface area contributed by atoms with E-state index in [9.17, 15) is 0 Å². The van der Waals surface area contributed by atoms with Crippen molar-refractivity contribution in [2.45, 2.75) is 39.0 Å². The van der Waals surface area contributed by atoms with E-state index in [-0.39, 0.29) is 0 Å². The van der Waals surface area contributed by atoms with Gasteiger partial charge in [0.2, 0.25) is 0 Å². The Kier molecular flexibility index (Phi) is 6.97. The highest BCUT2D eigenvalue weighted by molar-refractivity contribution is 6.60. The van der Waals surface area contributed by atoms with E-state index in [0.717, 1.165) is 16.6 Å². The van der Waals surface area contributed by atoms with Crippen LogP contribution in [0.5, 0.6) is 0 Å². The maximum absolute atomic E-state index is 5.60. The SMILES string of the molecule is CCCCC1CCC[N+](C)(C[Si](OC)(OC)OC)C1. The Labute approximate surface area is 120 Å². The highest BCUT2D eigenvalue weighted by Crippen LogP contribution is 2.27. The first-order valence-corrected chi connectivity index (χ1v) is 9.45. The smallest absolute Gasteiger partial charge is 0.374 e. The molecular formula is C14H32NO3Si+. The van der Waals surface area contributed by atoms with E-state index in [1.165, 1.54) is 45.2 Å². The first-order valence-electron chi connectivity index (χ1n) is 7.52. The van der Waals surface area contributed by atoms with E-state index in [1.54, 1.807) is 21.3 Å². The molecule has 19 heavy (non-hydrogen) atoms. The fourth-order valence-electron chi connectivity index (χ4n) is 3.35. The molecule has 2 atom stereocenters. The molecule has 114 valence electrons. The van der Waals surface area contributed by atoms with Crippen LogP contribution in [0, 0.1) is 5.92 Å². The summed E-state index contributed by atoms with van der Waals surface area (Å²) in [7, 11) is 5.00. The normalized spacial score (nSPS) is 28.6. The summed E-state index contributed by atoms with van der Waals surface area (Å²) in [5.74, 6) is 0.857. The van der Waals surface area contributed by atoms with Crippen molar-refractivity contribution in [2.75, 3.05) is 47.6 Å². The van der Waals surface area contributed by atoms with Crippen LogP contribution in [0.4, 0.5) is 0 Å². The molecule has 0 radical (unpaired) electrons. The van der Waals surface area contributed by atoms with Gasteiger partial charge in [-0.25, -0.2) is 0 Å². The van der Waals surface area contributed by atoms with Crippen molar-refractivity contribution in [1.29, 1.82) is 0 Å². The van der Waals surface area contributed by atoms with Crippen molar-refractivity contribution in [2.24, 2.45) is 5.92 Å².